The quantitative estimate of drug-likeness (QED) is 0.465. The molecule has 2 heteroatoms. The molecule has 0 unspecified atom stereocenters. The summed E-state index contributed by atoms with van der Waals surface area (Å²) in [7, 11) is 0. The third-order valence-corrected chi connectivity index (χ3v) is 3.09. The monoisotopic (exact) mass is 243 g/mol. The molecule has 0 atom stereocenters. The third-order valence-electron chi connectivity index (χ3n) is 3.09. The first-order chi connectivity index (χ1) is 8.41. The molecule has 0 saturated heterocycles. The maximum Gasteiger partial charge on any atom is 0.0466 e. The predicted octanol–water partition coefficient (Wildman–Crippen LogP) is 4.12. The first-order valence-corrected chi connectivity index (χ1v) is 7.39. The van der Waals surface area contributed by atoms with Crippen LogP contribution in [-0.4, -0.2) is 24.9 Å². The van der Waals surface area contributed by atoms with Crippen LogP contribution in [-0.2, 0) is 4.74 Å². The van der Waals surface area contributed by atoms with Crippen LogP contribution in [0.15, 0.2) is 0 Å². The van der Waals surface area contributed by atoms with E-state index in [1.54, 1.807) is 0 Å². The van der Waals surface area contributed by atoms with Crippen LogP contribution in [0.5, 0.6) is 0 Å². The fourth-order valence-corrected chi connectivity index (χ4v) is 2.01. The smallest absolute Gasteiger partial charge is 0.0466 e. The number of unbranched alkanes of at least 4 members (excludes halogenated alkanes) is 10. The minimum Gasteiger partial charge on any atom is -0.396 e. The molecule has 0 aromatic carbocycles. The molecule has 0 rings (SSSR count). The van der Waals surface area contributed by atoms with Crippen LogP contribution in [0, 0.1) is 6.92 Å². The number of hydrogen-bond acceptors (Lipinski definition) is 2. The third kappa shape index (κ3) is 15.9. The van der Waals surface area contributed by atoms with Crippen LogP contribution in [0.2, 0.25) is 0 Å². The molecular weight excluding hydrogens is 212 g/mol. The normalized spacial score (nSPS) is 10.9. The standard InChI is InChI=1S/C15H31O2/c1-2-17-15-13-11-9-7-5-3-4-6-8-10-12-14-16/h16H,1-15H2. The maximum atomic E-state index is 8.63. The van der Waals surface area contributed by atoms with Gasteiger partial charge in [0.15, 0.2) is 0 Å². The highest BCUT2D eigenvalue weighted by Crippen LogP contribution is 2.11. The SMILES string of the molecule is [CH2]COCCCCCCCCCCCCCO. The van der Waals surface area contributed by atoms with Gasteiger partial charge in [0.25, 0.3) is 0 Å². The van der Waals surface area contributed by atoms with Crippen LogP contribution in [0.3, 0.4) is 0 Å². The molecule has 1 radical (unpaired) electrons. The van der Waals surface area contributed by atoms with E-state index in [0.717, 1.165) is 13.0 Å². The zero-order chi connectivity index (χ0) is 12.6. The summed E-state index contributed by atoms with van der Waals surface area (Å²) in [5, 5.41) is 8.63. The molecule has 0 aliphatic carbocycles. The lowest BCUT2D eigenvalue weighted by Gasteiger charge is -2.03. The molecule has 0 amide bonds. The van der Waals surface area contributed by atoms with E-state index in [1.165, 1.54) is 64.2 Å². The van der Waals surface area contributed by atoms with Crippen LogP contribution in [0.25, 0.3) is 0 Å². The fourth-order valence-electron chi connectivity index (χ4n) is 2.01. The summed E-state index contributed by atoms with van der Waals surface area (Å²) in [4.78, 5) is 0. The summed E-state index contributed by atoms with van der Waals surface area (Å²) in [6, 6.07) is 0. The van der Waals surface area contributed by atoms with Gasteiger partial charge in [0.05, 0.1) is 0 Å². The van der Waals surface area contributed by atoms with E-state index in [4.69, 9.17) is 9.84 Å². The van der Waals surface area contributed by atoms with Crippen LogP contribution >= 0.6 is 0 Å². The molecule has 0 aliphatic heterocycles. The van der Waals surface area contributed by atoms with Gasteiger partial charge in [-0.1, -0.05) is 57.8 Å². The van der Waals surface area contributed by atoms with Crippen molar-refractivity contribution in [2.45, 2.75) is 70.6 Å². The predicted molar refractivity (Wildman–Crippen MR) is 74.0 cm³/mol. The molecule has 0 aliphatic rings. The molecule has 17 heavy (non-hydrogen) atoms. The van der Waals surface area contributed by atoms with Crippen LogP contribution < -0.4 is 0 Å². The van der Waals surface area contributed by atoms with Gasteiger partial charge >= 0.3 is 0 Å². The zero-order valence-corrected chi connectivity index (χ0v) is 11.5. The Balaban J connectivity index is 2.85. The summed E-state index contributed by atoms with van der Waals surface area (Å²) in [5.41, 5.74) is 0. The van der Waals surface area contributed by atoms with Gasteiger partial charge < -0.3 is 9.84 Å². The first-order valence-electron chi connectivity index (χ1n) is 7.39. The summed E-state index contributed by atoms with van der Waals surface area (Å²) in [6.07, 6.45) is 14.2. The van der Waals surface area contributed by atoms with Gasteiger partial charge in [0.1, 0.15) is 0 Å². The van der Waals surface area contributed by atoms with E-state index in [1.807, 2.05) is 0 Å². The van der Waals surface area contributed by atoms with Gasteiger partial charge in [0.2, 0.25) is 0 Å². The van der Waals surface area contributed by atoms with E-state index in [0.29, 0.717) is 13.2 Å². The van der Waals surface area contributed by atoms with Gasteiger partial charge in [-0.05, 0) is 19.8 Å². The fraction of sp³-hybridized carbons (Fsp3) is 0.933. The Hall–Kier alpha value is -0.0800. The first kappa shape index (κ1) is 16.9. The Kier molecular flexibility index (Phi) is 15.8. The lowest BCUT2D eigenvalue weighted by atomic mass is 10.1. The van der Waals surface area contributed by atoms with Crippen molar-refractivity contribution in [2.75, 3.05) is 19.8 Å². The average Bonchev–Trinajstić information content (AvgIpc) is 2.35. The topological polar surface area (TPSA) is 29.5 Å². The van der Waals surface area contributed by atoms with Crippen molar-refractivity contribution >= 4 is 0 Å². The molecule has 0 heterocycles. The summed E-state index contributed by atoms with van der Waals surface area (Å²) in [6.45, 7) is 5.49. The van der Waals surface area contributed by atoms with E-state index < -0.39 is 0 Å². The van der Waals surface area contributed by atoms with Crippen molar-refractivity contribution in [1.82, 2.24) is 0 Å². The molecular formula is C15H31O2. The summed E-state index contributed by atoms with van der Waals surface area (Å²) in [5.74, 6) is 0. The Bertz CT molecular complexity index is 112. The van der Waals surface area contributed by atoms with Gasteiger partial charge in [-0.3, -0.25) is 0 Å². The highest BCUT2D eigenvalue weighted by Gasteiger charge is 1.93. The van der Waals surface area contributed by atoms with E-state index >= 15 is 0 Å². The Morgan fingerprint density at radius 3 is 1.47 bits per heavy atom. The molecule has 0 saturated carbocycles. The highest BCUT2D eigenvalue weighted by atomic mass is 16.5. The Morgan fingerprint density at radius 1 is 0.647 bits per heavy atom. The molecule has 2 nitrogen and oxygen atoms in total. The molecule has 0 aromatic rings. The molecule has 0 spiro atoms. The van der Waals surface area contributed by atoms with Gasteiger partial charge in [0, 0.05) is 19.8 Å². The van der Waals surface area contributed by atoms with E-state index in [2.05, 4.69) is 6.92 Å². The van der Waals surface area contributed by atoms with Crippen molar-refractivity contribution < 1.29 is 9.84 Å². The minimum absolute atomic E-state index is 0.359. The van der Waals surface area contributed by atoms with Gasteiger partial charge in [-0.25, -0.2) is 0 Å². The maximum absolute atomic E-state index is 8.63. The van der Waals surface area contributed by atoms with Crippen LogP contribution in [0.4, 0.5) is 0 Å². The number of rotatable bonds is 14. The Morgan fingerprint density at radius 2 is 1.06 bits per heavy atom. The minimum atomic E-state index is 0.359. The summed E-state index contributed by atoms with van der Waals surface area (Å²) >= 11 is 0. The van der Waals surface area contributed by atoms with Crippen molar-refractivity contribution in [2.24, 2.45) is 0 Å². The number of ether oxygens (including phenoxy) is 1. The average molecular weight is 243 g/mol. The molecule has 1 N–H and O–H groups in total. The molecule has 0 bridgehead atoms. The van der Waals surface area contributed by atoms with E-state index in [-0.39, 0.29) is 0 Å². The second-order valence-electron chi connectivity index (χ2n) is 4.73. The largest absolute Gasteiger partial charge is 0.396 e. The van der Waals surface area contributed by atoms with Gasteiger partial charge in [-0.15, -0.1) is 0 Å². The van der Waals surface area contributed by atoms with Crippen molar-refractivity contribution in [3.8, 4) is 0 Å². The summed E-state index contributed by atoms with van der Waals surface area (Å²) < 4.78 is 5.20. The Labute approximate surface area is 108 Å². The number of aliphatic hydroxyl groups is 1. The van der Waals surface area contributed by atoms with Crippen molar-refractivity contribution in [3.63, 3.8) is 0 Å². The second-order valence-corrected chi connectivity index (χ2v) is 4.73. The zero-order valence-electron chi connectivity index (χ0n) is 11.5. The van der Waals surface area contributed by atoms with Crippen LogP contribution in [0.1, 0.15) is 70.6 Å². The van der Waals surface area contributed by atoms with E-state index in [9.17, 15) is 0 Å². The number of hydrogen-bond donors (Lipinski definition) is 1. The molecule has 0 aromatic heterocycles. The van der Waals surface area contributed by atoms with Crippen molar-refractivity contribution in [3.05, 3.63) is 6.92 Å². The highest BCUT2D eigenvalue weighted by molar-refractivity contribution is 4.48. The number of aliphatic hydroxyl groups excluding tert-OH is 1. The lowest BCUT2D eigenvalue weighted by molar-refractivity contribution is 0.156. The molecule has 0 fully saturated rings. The molecule has 103 valence electrons. The lowest BCUT2D eigenvalue weighted by Crippen LogP contribution is -1.93. The van der Waals surface area contributed by atoms with Gasteiger partial charge in [-0.2, -0.15) is 0 Å². The second kappa shape index (κ2) is 15.9. The van der Waals surface area contributed by atoms with Crippen molar-refractivity contribution in [1.29, 1.82) is 0 Å².